The summed E-state index contributed by atoms with van der Waals surface area (Å²) in [6.07, 6.45) is 1.50. The fourth-order valence-corrected chi connectivity index (χ4v) is 3.77. The van der Waals surface area contributed by atoms with Crippen molar-refractivity contribution in [2.75, 3.05) is 7.05 Å². The van der Waals surface area contributed by atoms with Crippen molar-refractivity contribution in [2.24, 2.45) is 0 Å². The molecule has 2 aromatic heterocycles. The lowest BCUT2D eigenvalue weighted by Gasteiger charge is -2.11. The number of aryl methyl sites for hydroxylation is 2. The molecule has 2 rings (SSSR count). The van der Waals surface area contributed by atoms with Crippen LogP contribution < -0.4 is 10.6 Å². The minimum absolute atomic E-state index is 0.351. The van der Waals surface area contributed by atoms with Crippen LogP contribution in [0.15, 0.2) is 11.4 Å². The SMILES string of the molecule is CNC(=O)NC(=O)C(C)Sc1ncnc2sc(C)c(C)c12. The number of urea groups is 1. The molecule has 8 heteroatoms. The van der Waals surface area contributed by atoms with Gasteiger partial charge in [0.1, 0.15) is 16.2 Å². The topological polar surface area (TPSA) is 84.0 Å². The summed E-state index contributed by atoms with van der Waals surface area (Å²) in [5.74, 6) is -0.351. The molecule has 0 radical (unpaired) electrons. The Hall–Kier alpha value is -1.67. The summed E-state index contributed by atoms with van der Waals surface area (Å²) < 4.78 is 0. The molecule has 0 aliphatic heterocycles. The molecule has 6 nitrogen and oxygen atoms in total. The molecule has 3 amide bonds. The predicted molar refractivity (Wildman–Crippen MR) is 84.8 cm³/mol. The number of fused-ring (bicyclic) bond motifs is 1. The number of hydrogen-bond donors (Lipinski definition) is 2. The second kappa shape index (κ2) is 6.40. The van der Waals surface area contributed by atoms with E-state index in [4.69, 9.17) is 0 Å². The zero-order valence-electron chi connectivity index (χ0n) is 12.2. The molecular weight excluding hydrogens is 308 g/mol. The average molecular weight is 324 g/mol. The number of thiophene rings is 1. The molecule has 0 aromatic carbocycles. The zero-order valence-corrected chi connectivity index (χ0v) is 13.8. The van der Waals surface area contributed by atoms with Gasteiger partial charge in [-0.2, -0.15) is 0 Å². The van der Waals surface area contributed by atoms with Crippen LogP contribution in [-0.4, -0.2) is 34.2 Å². The van der Waals surface area contributed by atoms with E-state index in [0.717, 1.165) is 20.8 Å². The molecule has 0 bridgehead atoms. The molecule has 21 heavy (non-hydrogen) atoms. The van der Waals surface area contributed by atoms with Crippen LogP contribution in [-0.2, 0) is 4.79 Å². The summed E-state index contributed by atoms with van der Waals surface area (Å²) in [6, 6.07) is -0.511. The lowest BCUT2D eigenvalue weighted by Crippen LogP contribution is -2.41. The van der Waals surface area contributed by atoms with Gasteiger partial charge in [0.05, 0.1) is 5.25 Å². The van der Waals surface area contributed by atoms with E-state index in [9.17, 15) is 9.59 Å². The molecule has 2 N–H and O–H groups in total. The van der Waals surface area contributed by atoms with Crippen molar-refractivity contribution in [3.05, 3.63) is 16.8 Å². The number of carbonyl (C=O) groups excluding carboxylic acids is 2. The van der Waals surface area contributed by atoms with Gasteiger partial charge in [0.15, 0.2) is 0 Å². The van der Waals surface area contributed by atoms with Crippen molar-refractivity contribution in [1.29, 1.82) is 0 Å². The van der Waals surface area contributed by atoms with Crippen molar-refractivity contribution >= 4 is 45.3 Å². The normalized spacial score (nSPS) is 12.2. The van der Waals surface area contributed by atoms with E-state index in [-0.39, 0.29) is 5.91 Å². The Morgan fingerprint density at radius 3 is 2.71 bits per heavy atom. The molecule has 112 valence electrons. The number of nitrogens with one attached hydrogen (secondary N) is 2. The van der Waals surface area contributed by atoms with Crippen LogP contribution in [0.2, 0.25) is 0 Å². The van der Waals surface area contributed by atoms with Crippen molar-refractivity contribution in [3.8, 4) is 0 Å². The third kappa shape index (κ3) is 3.33. The molecular formula is C13H16N4O2S2. The fourth-order valence-electron chi connectivity index (χ4n) is 1.74. The first kappa shape index (κ1) is 15.7. The number of hydrogen-bond acceptors (Lipinski definition) is 6. The highest BCUT2D eigenvalue weighted by Crippen LogP contribution is 2.35. The Balaban J connectivity index is 2.23. The van der Waals surface area contributed by atoms with Gasteiger partial charge in [-0.05, 0) is 26.3 Å². The molecule has 0 saturated carbocycles. The van der Waals surface area contributed by atoms with Gasteiger partial charge in [-0.3, -0.25) is 10.1 Å². The second-order valence-electron chi connectivity index (χ2n) is 4.47. The van der Waals surface area contributed by atoms with Gasteiger partial charge in [0.25, 0.3) is 0 Å². The Morgan fingerprint density at radius 2 is 2.05 bits per heavy atom. The van der Waals surface area contributed by atoms with Crippen LogP contribution >= 0.6 is 23.1 Å². The monoisotopic (exact) mass is 324 g/mol. The van der Waals surface area contributed by atoms with Crippen LogP contribution in [0.3, 0.4) is 0 Å². The van der Waals surface area contributed by atoms with Gasteiger partial charge in [-0.1, -0.05) is 11.8 Å². The summed E-state index contributed by atoms with van der Waals surface area (Å²) in [5, 5.41) is 5.94. The minimum Gasteiger partial charge on any atom is -0.341 e. The van der Waals surface area contributed by atoms with Gasteiger partial charge in [-0.15, -0.1) is 11.3 Å². The number of amides is 3. The van der Waals surface area contributed by atoms with E-state index in [1.54, 1.807) is 18.3 Å². The number of rotatable bonds is 3. The van der Waals surface area contributed by atoms with E-state index >= 15 is 0 Å². The predicted octanol–water partition coefficient (Wildman–Crippen LogP) is 2.24. The fraction of sp³-hybridized carbons (Fsp3) is 0.385. The molecule has 0 spiro atoms. The van der Waals surface area contributed by atoms with Crippen molar-refractivity contribution in [3.63, 3.8) is 0 Å². The first-order valence-corrected chi connectivity index (χ1v) is 8.03. The van der Waals surface area contributed by atoms with Crippen LogP contribution in [0, 0.1) is 13.8 Å². The molecule has 0 fully saturated rings. The summed E-state index contributed by atoms with van der Waals surface area (Å²) in [4.78, 5) is 33.7. The van der Waals surface area contributed by atoms with Crippen LogP contribution in [0.1, 0.15) is 17.4 Å². The summed E-state index contributed by atoms with van der Waals surface area (Å²) in [5.41, 5.74) is 1.14. The van der Waals surface area contributed by atoms with Gasteiger partial charge < -0.3 is 5.32 Å². The summed E-state index contributed by atoms with van der Waals surface area (Å²) >= 11 is 2.94. The van der Waals surface area contributed by atoms with Crippen LogP contribution in [0.5, 0.6) is 0 Å². The van der Waals surface area contributed by atoms with Crippen molar-refractivity contribution < 1.29 is 9.59 Å². The molecule has 0 aliphatic carbocycles. The number of thioether (sulfide) groups is 1. The zero-order chi connectivity index (χ0) is 15.6. The minimum atomic E-state index is -0.511. The molecule has 1 atom stereocenters. The Bertz CT molecular complexity index is 699. The maximum atomic E-state index is 11.9. The van der Waals surface area contributed by atoms with E-state index < -0.39 is 11.3 Å². The third-order valence-electron chi connectivity index (χ3n) is 3.05. The Morgan fingerprint density at radius 1 is 1.33 bits per heavy atom. The standard InChI is InChI=1S/C13H16N4O2S2/c1-6-7(2)20-11-9(6)12(16-5-15-11)21-8(3)10(18)17-13(19)14-4/h5,8H,1-4H3,(H2,14,17,18,19). The number of imide groups is 1. The quantitative estimate of drug-likeness (QED) is 0.668. The number of carbonyl (C=O) groups is 2. The Kier molecular flexibility index (Phi) is 4.79. The highest BCUT2D eigenvalue weighted by molar-refractivity contribution is 8.00. The maximum Gasteiger partial charge on any atom is 0.321 e. The molecule has 0 aliphatic rings. The Labute approximate surface area is 130 Å². The van der Waals surface area contributed by atoms with E-state index in [0.29, 0.717) is 0 Å². The molecule has 2 aromatic rings. The van der Waals surface area contributed by atoms with Crippen molar-refractivity contribution in [2.45, 2.75) is 31.0 Å². The van der Waals surface area contributed by atoms with Crippen LogP contribution in [0.25, 0.3) is 10.2 Å². The molecule has 1 unspecified atom stereocenters. The summed E-state index contributed by atoms with van der Waals surface area (Å²) in [6.45, 7) is 5.81. The molecule has 2 heterocycles. The lowest BCUT2D eigenvalue weighted by atomic mass is 10.2. The molecule has 0 saturated heterocycles. The first-order chi connectivity index (χ1) is 9.93. The van der Waals surface area contributed by atoms with Gasteiger partial charge >= 0.3 is 6.03 Å². The van der Waals surface area contributed by atoms with Crippen LogP contribution in [0.4, 0.5) is 4.79 Å². The van der Waals surface area contributed by atoms with Gasteiger partial charge in [0, 0.05) is 17.3 Å². The second-order valence-corrected chi connectivity index (χ2v) is 7.00. The highest BCUT2D eigenvalue weighted by Gasteiger charge is 2.20. The summed E-state index contributed by atoms with van der Waals surface area (Å²) in [7, 11) is 1.46. The maximum absolute atomic E-state index is 11.9. The third-order valence-corrected chi connectivity index (χ3v) is 5.27. The number of aromatic nitrogens is 2. The van der Waals surface area contributed by atoms with E-state index in [1.807, 2.05) is 13.8 Å². The largest absolute Gasteiger partial charge is 0.341 e. The number of nitrogens with zero attached hydrogens (tertiary/aromatic N) is 2. The van der Waals surface area contributed by atoms with E-state index in [2.05, 4.69) is 20.6 Å². The average Bonchev–Trinajstić information content (AvgIpc) is 2.74. The van der Waals surface area contributed by atoms with Gasteiger partial charge in [0.2, 0.25) is 5.91 Å². The smallest absolute Gasteiger partial charge is 0.321 e. The van der Waals surface area contributed by atoms with Gasteiger partial charge in [-0.25, -0.2) is 14.8 Å². The van der Waals surface area contributed by atoms with Crippen molar-refractivity contribution in [1.82, 2.24) is 20.6 Å². The van der Waals surface area contributed by atoms with E-state index in [1.165, 1.54) is 30.0 Å². The highest BCUT2D eigenvalue weighted by atomic mass is 32.2. The first-order valence-electron chi connectivity index (χ1n) is 6.34. The lowest BCUT2D eigenvalue weighted by molar-refractivity contribution is -0.119.